The Bertz CT molecular complexity index is 688. The van der Waals surface area contributed by atoms with Crippen molar-refractivity contribution in [1.82, 2.24) is 9.80 Å². The smallest absolute Gasteiger partial charge is 0.0367 e. The highest BCUT2D eigenvalue weighted by Gasteiger charge is 2.19. The summed E-state index contributed by atoms with van der Waals surface area (Å²) in [4.78, 5) is 7.56. The van der Waals surface area contributed by atoms with E-state index in [-0.39, 0.29) is 0 Å². The van der Waals surface area contributed by atoms with Crippen molar-refractivity contribution in [2.45, 2.75) is 13.0 Å². The van der Waals surface area contributed by atoms with Crippen LogP contribution in [0.4, 0.5) is 5.69 Å². The molecule has 4 rings (SSSR count). The molecule has 25 heavy (non-hydrogen) atoms. The summed E-state index contributed by atoms with van der Waals surface area (Å²) in [7, 11) is 0. The van der Waals surface area contributed by atoms with E-state index in [0.717, 1.165) is 39.3 Å². The van der Waals surface area contributed by atoms with Crippen LogP contribution in [0.1, 0.15) is 12.0 Å². The van der Waals surface area contributed by atoms with Crippen LogP contribution in [0.25, 0.3) is 0 Å². The highest BCUT2D eigenvalue weighted by atomic mass is 15.3. The first kappa shape index (κ1) is 16.2. The van der Waals surface area contributed by atoms with Gasteiger partial charge in [-0.2, -0.15) is 0 Å². The molecule has 2 aromatic rings. The molecule has 0 unspecified atom stereocenters. The Labute approximate surface area is 151 Å². The summed E-state index contributed by atoms with van der Waals surface area (Å²) in [5.74, 6) is 0. The largest absolute Gasteiger partial charge is 0.374 e. The van der Waals surface area contributed by atoms with Gasteiger partial charge in [-0.05, 0) is 35.9 Å². The molecule has 2 heterocycles. The van der Waals surface area contributed by atoms with Gasteiger partial charge in [0.1, 0.15) is 0 Å². The number of anilines is 1. The second-order valence-corrected chi connectivity index (χ2v) is 7.09. The van der Waals surface area contributed by atoms with Crippen molar-refractivity contribution in [3.8, 4) is 0 Å². The number of benzene rings is 2. The molecule has 0 radical (unpaired) electrons. The van der Waals surface area contributed by atoms with E-state index >= 15 is 0 Å². The fourth-order valence-electron chi connectivity index (χ4n) is 3.84. The highest BCUT2D eigenvalue weighted by Crippen LogP contribution is 2.20. The molecule has 0 spiro atoms. The van der Waals surface area contributed by atoms with Crippen LogP contribution in [0.15, 0.2) is 72.4 Å². The molecule has 0 amide bonds. The number of piperazine rings is 1. The lowest BCUT2D eigenvalue weighted by molar-refractivity contribution is 0.331. The second-order valence-electron chi connectivity index (χ2n) is 7.09. The van der Waals surface area contributed by atoms with Crippen molar-refractivity contribution < 1.29 is 0 Å². The first-order valence-electron chi connectivity index (χ1n) is 9.37. The number of likely N-dealkylation sites (tertiary alicyclic amines) is 1. The minimum atomic E-state index is 1.07. The molecule has 0 atom stereocenters. The van der Waals surface area contributed by atoms with Crippen LogP contribution in [0.2, 0.25) is 0 Å². The number of rotatable bonds is 4. The second kappa shape index (κ2) is 7.75. The Morgan fingerprint density at radius 3 is 2.16 bits per heavy atom. The first-order chi connectivity index (χ1) is 12.4. The molecule has 3 heteroatoms. The van der Waals surface area contributed by atoms with Crippen LogP contribution in [0.3, 0.4) is 0 Å². The summed E-state index contributed by atoms with van der Waals surface area (Å²) < 4.78 is 0. The third-order valence-electron chi connectivity index (χ3n) is 5.23. The Balaban J connectivity index is 1.28. The van der Waals surface area contributed by atoms with Crippen molar-refractivity contribution >= 4 is 5.69 Å². The molecule has 130 valence electrons. The van der Waals surface area contributed by atoms with Crippen molar-refractivity contribution in [3.05, 3.63) is 78.0 Å². The van der Waals surface area contributed by atoms with E-state index in [4.69, 9.17) is 0 Å². The molecule has 2 aliphatic heterocycles. The molecular formula is C22H27N3. The summed E-state index contributed by atoms with van der Waals surface area (Å²) in [6, 6.07) is 21.6. The van der Waals surface area contributed by atoms with Crippen LogP contribution >= 0.6 is 0 Å². The van der Waals surface area contributed by atoms with E-state index < -0.39 is 0 Å². The molecule has 0 N–H and O–H groups in total. The molecule has 0 saturated carbocycles. The molecule has 0 aliphatic carbocycles. The number of hydrogen-bond donors (Lipinski definition) is 0. The lowest BCUT2D eigenvalue weighted by Gasteiger charge is -2.36. The van der Waals surface area contributed by atoms with Gasteiger partial charge in [-0.3, -0.25) is 4.90 Å². The summed E-state index contributed by atoms with van der Waals surface area (Å²) in [6.45, 7) is 7.84. The Hall–Kier alpha value is -2.26. The SMILES string of the molecule is C(=C1\CCN(Cc2ccccc2)C1)/N1CCN(c2ccccc2)CC1. The van der Waals surface area contributed by atoms with Crippen LogP contribution in [-0.2, 0) is 6.54 Å². The zero-order chi connectivity index (χ0) is 16.9. The maximum Gasteiger partial charge on any atom is 0.0367 e. The predicted molar refractivity (Wildman–Crippen MR) is 105 cm³/mol. The van der Waals surface area contributed by atoms with E-state index in [2.05, 4.69) is 81.6 Å². The number of hydrogen-bond acceptors (Lipinski definition) is 3. The molecule has 0 bridgehead atoms. The van der Waals surface area contributed by atoms with Crippen molar-refractivity contribution in [2.75, 3.05) is 44.2 Å². The lowest BCUT2D eigenvalue weighted by atomic mass is 10.2. The van der Waals surface area contributed by atoms with E-state index in [0.29, 0.717) is 0 Å². The third-order valence-corrected chi connectivity index (χ3v) is 5.23. The molecule has 2 fully saturated rings. The van der Waals surface area contributed by atoms with Crippen molar-refractivity contribution in [2.24, 2.45) is 0 Å². The Kier molecular flexibility index (Phi) is 5.03. The Morgan fingerprint density at radius 1 is 0.760 bits per heavy atom. The fraction of sp³-hybridized carbons (Fsp3) is 0.364. The normalized spacial score (nSPS) is 20.4. The number of nitrogens with zero attached hydrogens (tertiary/aromatic N) is 3. The first-order valence-corrected chi connectivity index (χ1v) is 9.37. The average Bonchev–Trinajstić information content (AvgIpc) is 3.11. The molecule has 2 aliphatic rings. The maximum atomic E-state index is 2.56. The van der Waals surface area contributed by atoms with E-state index in [1.54, 1.807) is 5.57 Å². The van der Waals surface area contributed by atoms with E-state index in [1.165, 1.54) is 24.2 Å². The molecule has 3 nitrogen and oxygen atoms in total. The minimum absolute atomic E-state index is 1.07. The van der Waals surface area contributed by atoms with Crippen molar-refractivity contribution in [1.29, 1.82) is 0 Å². The number of para-hydroxylation sites is 1. The molecule has 2 aromatic carbocycles. The zero-order valence-corrected chi connectivity index (χ0v) is 14.8. The highest BCUT2D eigenvalue weighted by molar-refractivity contribution is 5.46. The quantitative estimate of drug-likeness (QED) is 0.846. The van der Waals surface area contributed by atoms with Gasteiger partial charge in [-0.1, -0.05) is 48.5 Å². The maximum absolute atomic E-state index is 2.56. The third kappa shape index (κ3) is 4.23. The summed E-state index contributed by atoms with van der Waals surface area (Å²) >= 11 is 0. The van der Waals surface area contributed by atoms with Gasteiger partial charge < -0.3 is 9.80 Å². The summed E-state index contributed by atoms with van der Waals surface area (Å²) in [6.07, 6.45) is 3.65. The van der Waals surface area contributed by atoms with Crippen molar-refractivity contribution in [3.63, 3.8) is 0 Å². The zero-order valence-electron chi connectivity index (χ0n) is 14.8. The van der Waals surface area contributed by atoms with Gasteiger partial charge in [-0.15, -0.1) is 0 Å². The van der Waals surface area contributed by atoms with Crippen LogP contribution in [0.5, 0.6) is 0 Å². The molecule has 0 aromatic heterocycles. The summed E-state index contributed by atoms with van der Waals surface area (Å²) in [5, 5.41) is 0. The fourth-order valence-corrected chi connectivity index (χ4v) is 3.84. The Morgan fingerprint density at radius 2 is 1.44 bits per heavy atom. The molecule has 2 saturated heterocycles. The average molecular weight is 333 g/mol. The monoisotopic (exact) mass is 333 g/mol. The van der Waals surface area contributed by atoms with Crippen LogP contribution < -0.4 is 4.90 Å². The van der Waals surface area contributed by atoms with Gasteiger partial charge in [0, 0.05) is 51.5 Å². The summed E-state index contributed by atoms with van der Waals surface area (Å²) in [5.41, 5.74) is 4.36. The van der Waals surface area contributed by atoms with Crippen LogP contribution in [0, 0.1) is 0 Å². The molecular weight excluding hydrogens is 306 g/mol. The van der Waals surface area contributed by atoms with Gasteiger partial charge in [0.05, 0.1) is 0 Å². The van der Waals surface area contributed by atoms with Gasteiger partial charge in [0.25, 0.3) is 0 Å². The van der Waals surface area contributed by atoms with E-state index in [9.17, 15) is 0 Å². The van der Waals surface area contributed by atoms with Crippen LogP contribution in [-0.4, -0.2) is 49.1 Å². The van der Waals surface area contributed by atoms with Gasteiger partial charge in [0.2, 0.25) is 0 Å². The van der Waals surface area contributed by atoms with Gasteiger partial charge in [0.15, 0.2) is 0 Å². The lowest BCUT2D eigenvalue weighted by Crippen LogP contribution is -2.44. The van der Waals surface area contributed by atoms with Gasteiger partial charge >= 0.3 is 0 Å². The van der Waals surface area contributed by atoms with Gasteiger partial charge in [-0.25, -0.2) is 0 Å². The predicted octanol–water partition coefficient (Wildman–Crippen LogP) is 3.60. The topological polar surface area (TPSA) is 9.72 Å². The minimum Gasteiger partial charge on any atom is -0.374 e. The van der Waals surface area contributed by atoms with E-state index in [1.807, 2.05) is 0 Å². The standard InChI is InChI=1S/C22H27N3/c1-3-7-20(8-4-1)17-24-12-11-21(19-24)18-23-13-15-25(16-14-23)22-9-5-2-6-10-22/h1-10,18H,11-17,19H2/b21-18-.